The molecule has 26 heavy (non-hydrogen) atoms. The zero-order valence-electron chi connectivity index (χ0n) is 16.6. The second-order valence-electron chi connectivity index (χ2n) is 7.86. The molecule has 0 aliphatic heterocycles. The number of hydrogen-bond acceptors (Lipinski definition) is 1. The highest BCUT2D eigenvalue weighted by molar-refractivity contribution is 6.77. The van der Waals surface area contributed by atoms with E-state index in [9.17, 15) is 8.78 Å². The van der Waals surface area contributed by atoms with Crippen molar-refractivity contribution in [1.82, 2.24) is 0 Å². The molecule has 0 saturated carbocycles. The molecule has 2 aromatic rings. The smallest absolute Gasteiger partial charge is 0.200 e. The summed E-state index contributed by atoms with van der Waals surface area (Å²) in [7, 11) is -2.03. The second-order valence-corrected chi connectivity index (χ2v) is 13.3. The summed E-state index contributed by atoms with van der Waals surface area (Å²) in [5, 5.41) is 0. The lowest BCUT2D eigenvalue weighted by Gasteiger charge is -2.42. The van der Waals surface area contributed by atoms with Crippen LogP contribution in [0.5, 0.6) is 0 Å². The van der Waals surface area contributed by atoms with Crippen molar-refractivity contribution >= 4 is 8.32 Å². The summed E-state index contributed by atoms with van der Waals surface area (Å²) >= 11 is 0. The molecule has 0 bridgehead atoms. The number of benzene rings is 2. The molecule has 4 heteroatoms. The maximum absolute atomic E-state index is 14.3. The van der Waals surface area contributed by atoms with Gasteiger partial charge >= 0.3 is 0 Å². The standard InChI is InChI=1S/C22H30F2OSi/c1-15(2)26(16(3)4,17(5)6)25-14-18-10-7-8-11-19(18)20-12-9-13-21(23)22(20)24/h7-13,15-17H,14H2,1-6H3. The van der Waals surface area contributed by atoms with Crippen molar-refractivity contribution in [2.45, 2.75) is 64.8 Å². The molecule has 0 aliphatic rings. The van der Waals surface area contributed by atoms with Crippen molar-refractivity contribution in [1.29, 1.82) is 0 Å². The predicted octanol–water partition coefficient (Wildman–Crippen LogP) is 7.32. The molecule has 0 amide bonds. The van der Waals surface area contributed by atoms with Crippen LogP contribution in [0.2, 0.25) is 16.6 Å². The fourth-order valence-electron chi connectivity index (χ4n) is 4.32. The zero-order chi connectivity index (χ0) is 19.5. The Balaban J connectivity index is 2.41. The van der Waals surface area contributed by atoms with Crippen LogP contribution in [0.15, 0.2) is 42.5 Å². The predicted molar refractivity (Wildman–Crippen MR) is 108 cm³/mol. The van der Waals surface area contributed by atoms with Gasteiger partial charge in [-0.15, -0.1) is 0 Å². The quantitative estimate of drug-likeness (QED) is 0.460. The van der Waals surface area contributed by atoms with Gasteiger partial charge in [0.1, 0.15) is 0 Å². The lowest BCUT2D eigenvalue weighted by Crippen LogP contribution is -2.47. The molecule has 142 valence electrons. The van der Waals surface area contributed by atoms with E-state index in [-0.39, 0.29) is 5.56 Å². The van der Waals surface area contributed by atoms with E-state index in [1.165, 1.54) is 0 Å². The van der Waals surface area contributed by atoms with Crippen LogP contribution in [0.25, 0.3) is 11.1 Å². The summed E-state index contributed by atoms with van der Waals surface area (Å²) < 4.78 is 34.7. The third-order valence-corrected chi connectivity index (χ3v) is 11.5. The molecular formula is C22H30F2OSi. The Morgan fingerprint density at radius 1 is 0.769 bits per heavy atom. The van der Waals surface area contributed by atoms with Gasteiger partial charge in [0.2, 0.25) is 8.32 Å². The Morgan fingerprint density at radius 2 is 1.31 bits per heavy atom. The van der Waals surface area contributed by atoms with E-state index < -0.39 is 20.0 Å². The molecule has 0 radical (unpaired) electrons. The number of rotatable bonds is 7. The molecule has 0 spiro atoms. The van der Waals surface area contributed by atoms with Gasteiger partial charge in [0.05, 0.1) is 6.61 Å². The van der Waals surface area contributed by atoms with Crippen molar-refractivity contribution < 1.29 is 13.2 Å². The van der Waals surface area contributed by atoms with E-state index in [1.54, 1.807) is 12.1 Å². The van der Waals surface area contributed by atoms with E-state index in [0.29, 0.717) is 28.8 Å². The molecule has 0 unspecified atom stereocenters. The number of hydrogen-bond donors (Lipinski definition) is 0. The Labute approximate surface area is 157 Å². The molecular weight excluding hydrogens is 346 g/mol. The van der Waals surface area contributed by atoms with Crippen LogP contribution >= 0.6 is 0 Å². The first-order valence-corrected chi connectivity index (χ1v) is 11.5. The molecule has 0 aliphatic carbocycles. The molecule has 0 N–H and O–H groups in total. The van der Waals surface area contributed by atoms with E-state index in [1.807, 2.05) is 24.3 Å². The fourth-order valence-corrected chi connectivity index (χ4v) is 9.73. The zero-order valence-corrected chi connectivity index (χ0v) is 17.6. The van der Waals surface area contributed by atoms with Crippen LogP contribution in [-0.2, 0) is 11.0 Å². The van der Waals surface area contributed by atoms with Gasteiger partial charge in [-0.1, -0.05) is 77.9 Å². The Bertz CT molecular complexity index is 719. The summed E-state index contributed by atoms with van der Waals surface area (Å²) in [4.78, 5) is 0. The lowest BCUT2D eigenvalue weighted by atomic mass is 9.99. The van der Waals surface area contributed by atoms with Gasteiger partial charge in [-0.25, -0.2) is 8.78 Å². The summed E-state index contributed by atoms with van der Waals surface area (Å²) in [5.41, 5.74) is 3.30. The lowest BCUT2D eigenvalue weighted by molar-refractivity contribution is 0.266. The highest BCUT2D eigenvalue weighted by atomic mass is 28.4. The van der Waals surface area contributed by atoms with Gasteiger partial charge in [0.25, 0.3) is 0 Å². The molecule has 0 atom stereocenters. The van der Waals surface area contributed by atoms with Crippen LogP contribution in [0.3, 0.4) is 0 Å². The minimum atomic E-state index is -2.03. The SMILES string of the molecule is CC(C)[Si](OCc1ccccc1-c1cccc(F)c1F)(C(C)C)C(C)C. The normalized spacial score (nSPS) is 12.4. The first-order chi connectivity index (χ1) is 12.2. The van der Waals surface area contributed by atoms with Crippen LogP contribution in [0, 0.1) is 11.6 Å². The van der Waals surface area contributed by atoms with Crippen molar-refractivity contribution in [3.8, 4) is 11.1 Å². The van der Waals surface area contributed by atoms with E-state index in [4.69, 9.17) is 4.43 Å². The molecule has 2 aromatic carbocycles. The first kappa shape index (κ1) is 20.8. The van der Waals surface area contributed by atoms with Crippen molar-refractivity contribution in [3.63, 3.8) is 0 Å². The summed E-state index contributed by atoms with van der Waals surface area (Å²) in [5.74, 6) is -1.63. The molecule has 0 saturated heterocycles. The third-order valence-electron chi connectivity index (χ3n) is 5.44. The van der Waals surface area contributed by atoms with E-state index in [2.05, 4.69) is 41.5 Å². The minimum absolute atomic E-state index is 0.287. The molecule has 2 rings (SSSR count). The largest absolute Gasteiger partial charge is 0.412 e. The molecule has 1 nitrogen and oxygen atoms in total. The minimum Gasteiger partial charge on any atom is -0.412 e. The van der Waals surface area contributed by atoms with E-state index >= 15 is 0 Å². The van der Waals surface area contributed by atoms with Gasteiger partial charge in [0.15, 0.2) is 11.6 Å². The Kier molecular flexibility index (Phi) is 6.75. The Morgan fingerprint density at radius 3 is 1.88 bits per heavy atom. The van der Waals surface area contributed by atoms with Crippen LogP contribution in [-0.4, -0.2) is 8.32 Å². The third kappa shape index (κ3) is 3.91. The van der Waals surface area contributed by atoms with Crippen molar-refractivity contribution in [2.75, 3.05) is 0 Å². The van der Waals surface area contributed by atoms with Gasteiger partial charge in [-0.3, -0.25) is 0 Å². The van der Waals surface area contributed by atoms with Gasteiger partial charge in [-0.05, 0) is 33.8 Å². The molecule has 0 fully saturated rings. The summed E-state index contributed by atoms with van der Waals surface area (Å²) in [6, 6.07) is 11.9. The van der Waals surface area contributed by atoms with Gasteiger partial charge in [-0.2, -0.15) is 0 Å². The average molecular weight is 377 g/mol. The molecule has 0 aromatic heterocycles. The average Bonchev–Trinajstić information content (AvgIpc) is 2.57. The van der Waals surface area contributed by atoms with Crippen molar-refractivity contribution in [2.24, 2.45) is 0 Å². The maximum atomic E-state index is 14.3. The second kappa shape index (κ2) is 8.44. The Hall–Kier alpha value is -1.52. The van der Waals surface area contributed by atoms with Crippen LogP contribution in [0.1, 0.15) is 47.1 Å². The summed E-state index contributed by atoms with van der Waals surface area (Å²) in [6.45, 7) is 13.9. The topological polar surface area (TPSA) is 9.23 Å². The first-order valence-electron chi connectivity index (χ1n) is 9.38. The maximum Gasteiger partial charge on any atom is 0.200 e. The number of halogens is 2. The van der Waals surface area contributed by atoms with Crippen LogP contribution in [0.4, 0.5) is 8.78 Å². The molecule has 0 heterocycles. The highest BCUT2D eigenvalue weighted by Crippen LogP contribution is 2.43. The highest BCUT2D eigenvalue weighted by Gasteiger charge is 2.45. The van der Waals surface area contributed by atoms with E-state index in [0.717, 1.165) is 11.6 Å². The summed E-state index contributed by atoms with van der Waals surface area (Å²) in [6.07, 6.45) is 0. The van der Waals surface area contributed by atoms with Gasteiger partial charge < -0.3 is 4.43 Å². The fraction of sp³-hybridized carbons (Fsp3) is 0.455. The van der Waals surface area contributed by atoms with Crippen LogP contribution < -0.4 is 0 Å². The van der Waals surface area contributed by atoms with Crippen molar-refractivity contribution in [3.05, 3.63) is 59.7 Å². The monoisotopic (exact) mass is 376 g/mol. The van der Waals surface area contributed by atoms with Gasteiger partial charge in [0, 0.05) is 5.56 Å².